The predicted molar refractivity (Wildman–Crippen MR) is 99.2 cm³/mol. The van der Waals surface area contributed by atoms with E-state index in [0.717, 1.165) is 37.9 Å². The summed E-state index contributed by atoms with van der Waals surface area (Å²) in [6, 6.07) is 20.8. The van der Waals surface area contributed by atoms with Gasteiger partial charge in [0.1, 0.15) is 12.4 Å². The molecule has 1 aliphatic heterocycles. The first-order chi connectivity index (χ1) is 11.9. The van der Waals surface area contributed by atoms with E-state index in [9.17, 15) is 0 Å². The predicted octanol–water partition coefficient (Wildman–Crippen LogP) is 3.57. The number of likely N-dealkylation sites (tertiary alicyclic amines) is 1. The molecule has 0 saturated carbocycles. The Morgan fingerprint density at radius 2 is 1.58 bits per heavy atom. The van der Waals surface area contributed by atoms with Crippen molar-refractivity contribution in [3.63, 3.8) is 0 Å². The van der Waals surface area contributed by atoms with Gasteiger partial charge in [-0.05, 0) is 56.1 Å². The summed E-state index contributed by atoms with van der Waals surface area (Å²) < 4.78 is 5.71. The van der Waals surface area contributed by atoms with E-state index in [1.54, 1.807) is 0 Å². The topological polar surface area (TPSA) is 24.5 Å². The third-order valence-electron chi connectivity index (χ3n) is 4.68. The fourth-order valence-electron chi connectivity index (χ4n) is 3.25. The van der Waals surface area contributed by atoms with E-state index in [4.69, 9.17) is 4.74 Å². The van der Waals surface area contributed by atoms with Gasteiger partial charge < -0.3 is 10.1 Å². The Morgan fingerprint density at radius 3 is 2.29 bits per heavy atom. The summed E-state index contributed by atoms with van der Waals surface area (Å²) in [5.74, 6) is 1.75. The van der Waals surface area contributed by atoms with E-state index in [-0.39, 0.29) is 0 Å². The highest BCUT2D eigenvalue weighted by Gasteiger charge is 2.18. The van der Waals surface area contributed by atoms with Crippen molar-refractivity contribution in [3.8, 4) is 5.75 Å². The maximum Gasteiger partial charge on any atom is 0.119 e. The van der Waals surface area contributed by atoms with Crippen LogP contribution in [0, 0.1) is 5.92 Å². The summed E-state index contributed by atoms with van der Waals surface area (Å²) in [5.41, 5.74) is 1.42. The van der Waals surface area contributed by atoms with Gasteiger partial charge in [0.2, 0.25) is 0 Å². The van der Waals surface area contributed by atoms with E-state index in [1.807, 2.05) is 30.3 Å². The summed E-state index contributed by atoms with van der Waals surface area (Å²) in [4.78, 5) is 2.57. The van der Waals surface area contributed by atoms with Crippen LogP contribution >= 0.6 is 0 Å². The molecule has 1 aliphatic rings. The number of hydrogen-bond acceptors (Lipinski definition) is 3. The lowest BCUT2D eigenvalue weighted by molar-refractivity contribution is 0.174. The van der Waals surface area contributed by atoms with Crippen LogP contribution in [0.1, 0.15) is 18.4 Å². The quantitative estimate of drug-likeness (QED) is 0.751. The second-order valence-electron chi connectivity index (χ2n) is 6.57. The zero-order chi connectivity index (χ0) is 16.5. The first kappa shape index (κ1) is 17.0. The third-order valence-corrected chi connectivity index (χ3v) is 4.68. The van der Waals surface area contributed by atoms with Crippen LogP contribution in [0.4, 0.5) is 0 Å². The fourth-order valence-corrected chi connectivity index (χ4v) is 3.25. The Kier molecular flexibility index (Phi) is 6.70. The standard InChI is InChI=1S/C21H28N2O/c1-3-7-20(8-4-1)18-23-14-11-19(12-15-23)17-22-13-16-24-21-9-5-2-6-10-21/h1-10,19,22H,11-18H2. The van der Waals surface area contributed by atoms with E-state index in [1.165, 1.54) is 31.5 Å². The molecule has 128 valence electrons. The number of rotatable bonds is 8. The van der Waals surface area contributed by atoms with Gasteiger partial charge in [0, 0.05) is 13.1 Å². The van der Waals surface area contributed by atoms with Crippen LogP contribution in [0.3, 0.4) is 0 Å². The Labute approximate surface area is 145 Å². The lowest BCUT2D eigenvalue weighted by Crippen LogP contribution is -2.37. The lowest BCUT2D eigenvalue weighted by atomic mass is 9.96. The van der Waals surface area contributed by atoms with Crippen LogP contribution in [0.5, 0.6) is 5.75 Å². The number of ether oxygens (including phenoxy) is 1. The van der Waals surface area contributed by atoms with Gasteiger partial charge in [-0.25, -0.2) is 0 Å². The normalized spacial score (nSPS) is 16.2. The zero-order valence-electron chi connectivity index (χ0n) is 14.4. The molecule has 0 aliphatic carbocycles. The molecule has 3 rings (SSSR count). The number of benzene rings is 2. The molecule has 0 bridgehead atoms. The molecule has 2 aromatic rings. The highest BCUT2D eigenvalue weighted by Crippen LogP contribution is 2.18. The zero-order valence-corrected chi connectivity index (χ0v) is 14.4. The van der Waals surface area contributed by atoms with Crippen molar-refractivity contribution in [2.75, 3.05) is 32.8 Å². The first-order valence-corrected chi connectivity index (χ1v) is 9.05. The van der Waals surface area contributed by atoms with Crippen molar-refractivity contribution in [1.82, 2.24) is 10.2 Å². The molecule has 1 fully saturated rings. The smallest absolute Gasteiger partial charge is 0.119 e. The summed E-state index contributed by atoms with van der Waals surface area (Å²) in [6.07, 6.45) is 2.58. The minimum atomic E-state index is 0.733. The molecule has 0 amide bonds. The van der Waals surface area contributed by atoms with Crippen molar-refractivity contribution >= 4 is 0 Å². The monoisotopic (exact) mass is 324 g/mol. The van der Waals surface area contributed by atoms with Gasteiger partial charge in [0.25, 0.3) is 0 Å². The van der Waals surface area contributed by atoms with E-state index >= 15 is 0 Å². The minimum Gasteiger partial charge on any atom is -0.492 e. The number of para-hydroxylation sites is 1. The van der Waals surface area contributed by atoms with E-state index < -0.39 is 0 Å². The largest absolute Gasteiger partial charge is 0.492 e. The second-order valence-corrected chi connectivity index (χ2v) is 6.57. The number of hydrogen-bond donors (Lipinski definition) is 1. The lowest BCUT2D eigenvalue weighted by Gasteiger charge is -2.32. The molecule has 2 aromatic carbocycles. The van der Waals surface area contributed by atoms with Crippen LogP contribution in [-0.2, 0) is 6.54 Å². The SMILES string of the molecule is c1ccc(CN2CCC(CNCCOc3ccccc3)CC2)cc1. The maximum atomic E-state index is 5.71. The molecule has 1 heterocycles. The minimum absolute atomic E-state index is 0.733. The molecule has 3 heteroatoms. The highest BCUT2D eigenvalue weighted by atomic mass is 16.5. The number of nitrogens with one attached hydrogen (secondary N) is 1. The molecule has 0 unspecified atom stereocenters. The molecule has 1 N–H and O–H groups in total. The van der Waals surface area contributed by atoms with Gasteiger partial charge in [0.15, 0.2) is 0 Å². The van der Waals surface area contributed by atoms with Crippen molar-refractivity contribution in [3.05, 3.63) is 66.2 Å². The molecule has 24 heavy (non-hydrogen) atoms. The van der Waals surface area contributed by atoms with Crippen LogP contribution < -0.4 is 10.1 Å². The van der Waals surface area contributed by atoms with Gasteiger partial charge in [-0.1, -0.05) is 48.5 Å². The van der Waals surface area contributed by atoms with Crippen LogP contribution in [0.15, 0.2) is 60.7 Å². The van der Waals surface area contributed by atoms with Crippen molar-refractivity contribution in [2.45, 2.75) is 19.4 Å². The van der Waals surface area contributed by atoms with Gasteiger partial charge in [-0.15, -0.1) is 0 Å². The van der Waals surface area contributed by atoms with Gasteiger partial charge >= 0.3 is 0 Å². The van der Waals surface area contributed by atoms with Gasteiger partial charge in [-0.2, -0.15) is 0 Å². The van der Waals surface area contributed by atoms with Crippen LogP contribution in [-0.4, -0.2) is 37.7 Å². The number of piperidine rings is 1. The van der Waals surface area contributed by atoms with E-state index in [0.29, 0.717) is 0 Å². The van der Waals surface area contributed by atoms with Crippen molar-refractivity contribution < 1.29 is 4.74 Å². The Balaban J connectivity index is 1.26. The maximum absolute atomic E-state index is 5.71. The second kappa shape index (κ2) is 9.45. The molecule has 0 aromatic heterocycles. The average Bonchev–Trinajstić information content (AvgIpc) is 2.65. The van der Waals surface area contributed by atoms with Gasteiger partial charge in [-0.3, -0.25) is 4.90 Å². The Bertz CT molecular complexity index is 565. The number of nitrogens with zero attached hydrogens (tertiary/aromatic N) is 1. The molecular weight excluding hydrogens is 296 g/mol. The molecule has 1 saturated heterocycles. The summed E-state index contributed by atoms with van der Waals surface area (Å²) in [5, 5.41) is 3.55. The van der Waals surface area contributed by atoms with Crippen molar-refractivity contribution in [1.29, 1.82) is 0 Å². The van der Waals surface area contributed by atoms with Crippen LogP contribution in [0.2, 0.25) is 0 Å². The van der Waals surface area contributed by atoms with Crippen LogP contribution in [0.25, 0.3) is 0 Å². The first-order valence-electron chi connectivity index (χ1n) is 9.05. The molecule has 0 spiro atoms. The molecule has 0 atom stereocenters. The molecular formula is C21H28N2O. The fraction of sp³-hybridized carbons (Fsp3) is 0.429. The third kappa shape index (κ3) is 5.66. The summed E-state index contributed by atoms with van der Waals surface area (Å²) in [6.45, 7) is 6.27. The average molecular weight is 324 g/mol. The van der Waals surface area contributed by atoms with Gasteiger partial charge in [0.05, 0.1) is 0 Å². The molecule has 3 nitrogen and oxygen atoms in total. The highest BCUT2D eigenvalue weighted by molar-refractivity contribution is 5.20. The van der Waals surface area contributed by atoms with E-state index in [2.05, 4.69) is 40.5 Å². The summed E-state index contributed by atoms with van der Waals surface area (Å²) >= 11 is 0. The van der Waals surface area contributed by atoms with Crippen molar-refractivity contribution in [2.24, 2.45) is 5.92 Å². The Morgan fingerprint density at radius 1 is 0.917 bits per heavy atom. The summed E-state index contributed by atoms with van der Waals surface area (Å²) in [7, 11) is 0. The molecule has 0 radical (unpaired) electrons. The Hall–Kier alpha value is -1.84.